The second-order valence-corrected chi connectivity index (χ2v) is 28.5. The van der Waals surface area contributed by atoms with Gasteiger partial charge in [0, 0.05) is 49.3 Å². The molecule has 0 aliphatic rings. The Labute approximate surface area is 551 Å². The quantitative estimate of drug-likeness (QED) is 0.0475. The number of carbonyl (C=O) groups is 12. The van der Waals surface area contributed by atoms with Crippen molar-refractivity contribution in [3.8, 4) is 0 Å². The summed E-state index contributed by atoms with van der Waals surface area (Å²) in [5.41, 5.74) is -0.828. The molecule has 12 atom stereocenters. The van der Waals surface area contributed by atoms with Crippen molar-refractivity contribution >= 4 is 71.1 Å². The van der Waals surface area contributed by atoms with Gasteiger partial charge >= 0.3 is 12.1 Å². The molecule has 0 aliphatic heterocycles. The molecule has 0 unspecified atom stereocenters. The summed E-state index contributed by atoms with van der Waals surface area (Å²) < 4.78 is 5.52. The summed E-state index contributed by atoms with van der Waals surface area (Å²) in [6, 6.07) is -11.4. The highest BCUT2D eigenvalue weighted by molar-refractivity contribution is 5.99. The summed E-state index contributed by atoms with van der Waals surface area (Å²) in [5, 5.41) is 20.4. The molecule has 11 amide bonds. The Bertz CT molecular complexity index is 2530. The Morgan fingerprint density at radius 2 is 0.880 bits per heavy atom. The van der Waals surface area contributed by atoms with Crippen LogP contribution in [0.5, 0.6) is 0 Å². The van der Waals surface area contributed by atoms with Gasteiger partial charge in [-0.05, 0) is 121 Å². The lowest BCUT2D eigenvalue weighted by Gasteiger charge is -2.42. The summed E-state index contributed by atoms with van der Waals surface area (Å²) >= 11 is 0. The predicted octanol–water partition coefficient (Wildman–Crippen LogP) is 5.63. The smallest absolute Gasteiger partial charge is 0.410 e. The minimum Gasteiger partial charge on any atom is -0.480 e. The standard InChI is InChI=1S/C67H121N11O14/c1-29-31-32-43(15)44(16)55(59(84)70-47(30-2)61(86)72(22)36-51(79)80)77(27)65(90)54(42(13)14)76(26)63(88)50(35-39(7)8)75(25)62(87)49(34-38(5)6)74(24)60(85)46(18)69-56(81)45(17)68-57(82)48(33-37(3)4)73(23)64(89)52(40(9)10)71-58(83)53(41(11)12)78(28)66(91)92-67(19,20)21/h29,31,37-50,52-55H,30,32-36H2,1-28H3,(H,68,82)(H,69,81)(H,70,84)(H,71,83)(H,79,80)/b31-29+/t43-,44-,45+,46-,47+,48+,49+,50+,52+,53+,54+,55+/m1/s1. The molecular formula is C67H121N11O14. The molecule has 0 saturated carbocycles. The Morgan fingerprint density at radius 3 is 1.30 bits per heavy atom. The van der Waals surface area contributed by atoms with E-state index in [1.54, 1.807) is 69.2 Å². The SMILES string of the molecule is C/C=C/C[C@@H](C)[C@@H](C)[C@@H](C(=O)N[C@@H](CC)C(=O)N(C)CC(=O)O)N(C)C(=O)[C@H](C(C)C)N(C)C(=O)[C@H](CC(C)C)N(C)C(=O)[C@H](CC(C)C)N(C)C(=O)[C@@H](C)NC(=O)[C@H](C)NC(=O)[C@H](CC(C)C)N(C)C(=O)[C@@H](NC(=O)[C@H](C(C)C)N(C)C(=O)OC(C)(C)C)C(C)C. The number of carboxylic acids is 1. The molecule has 0 rings (SSSR count). The Balaban J connectivity index is 7.00. The number of nitrogens with one attached hydrogen (secondary N) is 4. The Morgan fingerprint density at radius 1 is 0.457 bits per heavy atom. The van der Waals surface area contributed by atoms with Crippen LogP contribution in [0.4, 0.5) is 4.79 Å². The van der Waals surface area contributed by atoms with Crippen molar-refractivity contribution in [3.63, 3.8) is 0 Å². The van der Waals surface area contributed by atoms with Crippen LogP contribution in [-0.4, -0.2) is 232 Å². The molecule has 0 spiro atoms. The fraction of sp³-hybridized carbons (Fsp3) is 0.791. The van der Waals surface area contributed by atoms with Crippen molar-refractivity contribution < 1.29 is 67.4 Å². The summed E-state index contributed by atoms with van der Waals surface area (Å²) in [7, 11) is 10.1. The van der Waals surface area contributed by atoms with E-state index < -0.39 is 161 Å². The van der Waals surface area contributed by atoms with Crippen LogP contribution in [0.3, 0.4) is 0 Å². The molecule has 0 aromatic rings. The van der Waals surface area contributed by atoms with E-state index in [9.17, 15) is 48.3 Å². The third-order valence-corrected chi connectivity index (χ3v) is 16.7. The van der Waals surface area contributed by atoms with Crippen LogP contribution in [0.2, 0.25) is 0 Å². The van der Waals surface area contributed by atoms with E-state index in [4.69, 9.17) is 4.74 Å². The van der Waals surface area contributed by atoms with Crippen molar-refractivity contribution in [2.45, 2.75) is 244 Å². The Hall–Kier alpha value is -6.82. The van der Waals surface area contributed by atoms with Gasteiger partial charge in [-0.1, -0.05) is 116 Å². The number of carbonyl (C=O) groups excluding carboxylic acids is 11. The summed E-state index contributed by atoms with van der Waals surface area (Å²) in [6.45, 7) is 36.5. The van der Waals surface area contributed by atoms with Gasteiger partial charge in [0.15, 0.2) is 0 Å². The van der Waals surface area contributed by atoms with Crippen LogP contribution in [0.1, 0.15) is 178 Å². The third-order valence-electron chi connectivity index (χ3n) is 16.7. The number of hydrogen-bond donors (Lipinski definition) is 5. The first-order valence-corrected chi connectivity index (χ1v) is 32.7. The molecule has 0 aromatic heterocycles. The second kappa shape index (κ2) is 38.4. The van der Waals surface area contributed by atoms with Crippen LogP contribution in [0, 0.1) is 47.3 Å². The van der Waals surface area contributed by atoms with Gasteiger partial charge in [0.25, 0.3) is 0 Å². The minimum absolute atomic E-state index is 0.119. The molecule has 0 heterocycles. The van der Waals surface area contributed by atoms with Crippen molar-refractivity contribution in [3.05, 3.63) is 12.2 Å². The highest BCUT2D eigenvalue weighted by Crippen LogP contribution is 2.28. The van der Waals surface area contributed by atoms with E-state index in [2.05, 4.69) is 21.3 Å². The van der Waals surface area contributed by atoms with Gasteiger partial charge in [0.1, 0.15) is 72.6 Å². The molecule has 0 aliphatic carbocycles. The summed E-state index contributed by atoms with van der Waals surface area (Å²) in [5.74, 6) is -9.90. The first kappa shape index (κ1) is 85.2. The number of amides is 11. The summed E-state index contributed by atoms with van der Waals surface area (Å²) in [6.07, 6.45) is 4.27. The number of rotatable bonds is 36. The Kier molecular flexibility index (Phi) is 35.5. The predicted molar refractivity (Wildman–Crippen MR) is 356 cm³/mol. The maximum absolute atomic E-state index is 15.1. The lowest BCUT2D eigenvalue weighted by Crippen LogP contribution is -2.62. The molecule has 0 radical (unpaired) electrons. The van der Waals surface area contributed by atoms with Gasteiger partial charge in [-0.3, -0.25) is 57.6 Å². The van der Waals surface area contributed by atoms with Gasteiger partial charge in [0.05, 0.1) is 0 Å². The fourth-order valence-corrected chi connectivity index (χ4v) is 11.2. The zero-order valence-electron chi connectivity index (χ0n) is 61.2. The first-order chi connectivity index (χ1) is 42.1. The van der Waals surface area contributed by atoms with Crippen LogP contribution in [-0.2, 0) is 57.5 Å². The molecule has 25 nitrogen and oxygen atoms in total. The van der Waals surface area contributed by atoms with E-state index in [0.717, 1.165) is 4.90 Å². The van der Waals surface area contributed by atoms with Crippen LogP contribution < -0.4 is 21.3 Å². The molecule has 25 heteroatoms. The lowest BCUT2D eigenvalue weighted by atomic mass is 9.84. The van der Waals surface area contributed by atoms with Crippen molar-refractivity contribution in [2.24, 2.45) is 47.3 Å². The highest BCUT2D eigenvalue weighted by Gasteiger charge is 2.45. The van der Waals surface area contributed by atoms with E-state index in [1.807, 2.05) is 74.5 Å². The van der Waals surface area contributed by atoms with E-state index in [-0.39, 0.29) is 55.3 Å². The molecule has 0 bridgehead atoms. The van der Waals surface area contributed by atoms with E-state index >= 15 is 14.4 Å². The van der Waals surface area contributed by atoms with E-state index in [0.29, 0.717) is 6.42 Å². The molecule has 0 fully saturated rings. The zero-order chi connectivity index (χ0) is 72.1. The van der Waals surface area contributed by atoms with Crippen molar-refractivity contribution in [1.29, 1.82) is 0 Å². The number of aliphatic carboxylic acids is 1. The molecule has 0 aromatic carbocycles. The maximum Gasteiger partial charge on any atom is 0.410 e. The third kappa shape index (κ3) is 25.6. The monoisotopic (exact) mass is 1300 g/mol. The fourth-order valence-electron chi connectivity index (χ4n) is 11.2. The van der Waals surface area contributed by atoms with Crippen LogP contribution in [0.25, 0.3) is 0 Å². The van der Waals surface area contributed by atoms with Crippen molar-refractivity contribution in [1.82, 2.24) is 55.6 Å². The number of allylic oxidation sites excluding steroid dienone is 2. The first-order valence-electron chi connectivity index (χ1n) is 32.7. The average molecular weight is 1300 g/mol. The summed E-state index contributed by atoms with van der Waals surface area (Å²) in [4.78, 5) is 177. The number of hydrogen-bond acceptors (Lipinski definition) is 13. The van der Waals surface area contributed by atoms with Crippen molar-refractivity contribution in [2.75, 3.05) is 55.9 Å². The number of likely N-dealkylation sites (N-methyl/N-ethyl adjacent to an activating group) is 7. The largest absolute Gasteiger partial charge is 0.480 e. The molecule has 5 N–H and O–H groups in total. The van der Waals surface area contributed by atoms with Gasteiger partial charge in [-0.15, -0.1) is 0 Å². The van der Waals surface area contributed by atoms with E-state index in [1.165, 1.54) is 92.6 Å². The van der Waals surface area contributed by atoms with Gasteiger partial charge < -0.3 is 60.5 Å². The minimum atomic E-state index is -1.24. The van der Waals surface area contributed by atoms with Crippen LogP contribution in [0.15, 0.2) is 12.2 Å². The normalized spacial score (nSPS) is 15.8. The number of ether oxygens (including phenoxy) is 1. The second-order valence-electron chi connectivity index (χ2n) is 28.5. The molecule has 528 valence electrons. The molecule has 92 heavy (non-hydrogen) atoms. The topological polar surface area (TPSA) is 305 Å². The molecule has 0 saturated heterocycles. The number of nitrogens with zero attached hydrogens (tertiary/aromatic N) is 7. The lowest BCUT2D eigenvalue weighted by molar-refractivity contribution is -0.156. The van der Waals surface area contributed by atoms with Crippen LogP contribution >= 0.6 is 0 Å². The zero-order valence-corrected chi connectivity index (χ0v) is 61.2. The maximum atomic E-state index is 15.1. The molecular weight excluding hydrogens is 1180 g/mol. The number of carboxylic acid groups (broad SMARTS) is 1. The highest BCUT2D eigenvalue weighted by atomic mass is 16.6. The van der Waals surface area contributed by atoms with Gasteiger partial charge in [-0.25, -0.2) is 4.79 Å². The van der Waals surface area contributed by atoms with Gasteiger partial charge in [0.2, 0.25) is 59.1 Å². The average Bonchev–Trinajstić information content (AvgIpc) is 0.813. The van der Waals surface area contributed by atoms with Gasteiger partial charge in [-0.2, -0.15) is 0 Å².